The lowest BCUT2D eigenvalue weighted by Gasteiger charge is -2.10. The molecule has 1 aliphatic rings. The van der Waals surface area contributed by atoms with Crippen LogP contribution in [0.3, 0.4) is 0 Å². The first-order valence-corrected chi connectivity index (χ1v) is 8.51. The van der Waals surface area contributed by atoms with E-state index in [-0.39, 0.29) is 0 Å². The summed E-state index contributed by atoms with van der Waals surface area (Å²) in [6.45, 7) is 3.58. The maximum absolute atomic E-state index is 12.5. The summed E-state index contributed by atoms with van der Waals surface area (Å²) in [6.07, 6.45) is 0.875. The van der Waals surface area contributed by atoms with E-state index in [1.165, 1.54) is 5.56 Å². The molecule has 4 nitrogen and oxygen atoms in total. The number of fused-ring (bicyclic) bond motifs is 1. The number of hydrogen-bond acceptors (Lipinski definition) is 3. The van der Waals surface area contributed by atoms with Gasteiger partial charge in [0, 0.05) is 18.8 Å². The number of benzene rings is 2. The van der Waals surface area contributed by atoms with Crippen LogP contribution in [0.4, 0.5) is 5.69 Å². The molecule has 0 saturated carbocycles. The van der Waals surface area contributed by atoms with Gasteiger partial charge in [-0.05, 0) is 47.4 Å². The number of hydrogen-bond donors (Lipinski definition) is 2. The van der Waals surface area contributed by atoms with E-state index >= 15 is 0 Å². The van der Waals surface area contributed by atoms with E-state index in [4.69, 9.17) is 0 Å². The lowest BCUT2D eigenvalue weighted by atomic mass is 10.1. The number of anilines is 1. The fourth-order valence-corrected chi connectivity index (χ4v) is 3.61. The van der Waals surface area contributed by atoms with Gasteiger partial charge in [0.2, 0.25) is 0 Å². The first kappa shape index (κ1) is 14.1. The highest BCUT2D eigenvalue weighted by Crippen LogP contribution is 2.22. The fraction of sp³-hybridized carbons (Fsp3) is 0.250. The Balaban J connectivity index is 1.89. The van der Waals surface area contributed by atoms with Gasteiger partial charge in [-0.3, -0.25) is 4.72 Å². The molecule has 0 aliphatic carbocycles. The second-order valence-electron chi connectivity index (χ2n) is 5.19. The van der Waals surface area contributed by atoms with Crippen LogP contribution in [0.5, 0.6) is 0 Å². The Labute approximate surface area is 125 Å². The molecule has 0 amide bonds. The number of aryl methyl sites for hydroxylation is 1. The highest BCUT2D eigenvalue weighted by atomic mass is 32.2. The summed E-state index contributed by atoms with van der Waals surface area (Å²) in [5, 5.41) is 3.22. The summed E-state index contributed by atoms with van der Waals surface area (Å²) in [6, 6.07) is 12.8. The fourth-order valence-electron chi connectivity index (χ4n) is 2.51. The molecule has 2 aromatic rings. The number of sulfonamides is 1. The molecule has 5 heteroatoms. The van der Waals surface area contributed by atoms with Crippen LogP contribution in [0.15, 0.2) is 47.4 Å². The largest absolute Gasteiger partial charge is 0.309 e. The molecule has 0 spiro atoms. The van der Waals surface area contributed by atoms with Gasteiger partial charge in [0.15, 0.2) is 0 Å². The van der Waals surface area contributed by atoms with Crippen LogP contribution in [0.25, 0.3) is 0 Å². The molecule has 3 rings (SSSR count). The molecule has 0 saturated heterocycles. The van der Waals surface area contributed by atoms with Crippen LogP contribution in [0.2, 0.25) is 0 Å². The number of nitrogens with one attached hydrogen (secondary N) is 2. The number of rotatable bonds is 4. The van der Waals surface area contributed by atoms with Gasteiger partial charge in [-0.15, -0.1) is 0 Å². The quantitative estimate of drug-likeness (QED) is 0.913. The Hall–Kier alpha value is -1.85. The van der Waals surface area contributed by atoms with E-state index < -0.39 is 10.0 Å². The molecule has 110 valence electrons. The third-order valence-electron chi connectivity index (χ3n) is 3.71. The summed E-state index contributed by atoms with van der Waals surface area (Å²) >= 11 is 0. The molecule has 0 atom stereocenters. The van der Waals surface area contributed by atoms with Crippen molar-refractivity contribution in [2.24, 2.45) is 0 Å². The van der Waals surface area contributed by atoms with Gasteiger partial charge >= 0.3 is 0 Å². The van der Waals surface area contributed by atoms with Gasteiger partial charge in [-0.25, -0.2) is 8.42 Å². The predicted molar refractivity (Wildman–Crippen MR) is 83.6 cm³/mol. The van der Waals surface area contributed by atoms with Gasteiger partial charge in [0.1, 0.15) is 0 Å². The van der Waals surface area contributed by atoms with E-state index in [1.807, 2.05) is 31.2 Å². The molecule has 1 heterocycles. The molecule has 0 aromatic heterocycles. The Kier molecular flexibility index (Phi) is 3.69. The maximum Gasteiger partial charge on any atom is 0.261 e. The van der Waals surface area contributed by atoms with Gasteiger partial charge in [-0.1, -0.05) is 25.1 Å². The van der Waals surface area contributed by atoms with Gasteiger partial charge < -0.3 is 5.32 Å². The zero-order valence-electron chi connectivity index (χ0n) is 11.9. The molecular formula is C16H18N2O2S. The van der Waals surface area contributed by atoms with Crippen molar-refractivity contribution in [1.29, 1.82) is 0 Å². The average Bonchev–Trinajstić information content (AvgIpc) is 2.94. The van der Waals surface area contributed by atoms with E-state index in [1.54, 1.807) is 18.2 Å². The van der Waals surface area contributed by atoms with E-state index in [2.05, 4.69) is 10.0 Å². The zero-order valence-corrected chi connectivity index (χ0v) is 12.7. The molecule has 1 aliphatic heterocycles. The van der Waals surface area contributed by atoms with E-state index in [9.17, 15) is 8.42 Å². The Morgan fingerprint density at radius 1 is 1.10 bits per heavy atom. The lowest BCUT2D eigenvalue weighted by molar-refractivity contribution is 0.601. The Bertz CT molecular complexity index is 770. The van der Waals surface area contributed by atoms with Crippen molar-refractivity contribution in [2.45, 2.75) is 31.3 Å². The van der Waals surface area contributed by atoms with Gasteiger partial charge in [0.25, 0.3) is 10.0 Å². The lowest BCUT2D eigenvalue weighted by Crippen LogP contribution is -2.13. The Morgan fingerprint density at radius 2 is 1.90 bits per heavy atom. The van der Waals surface area contributed by atoms with Crippen LogP contribution in [-0.4, -0.2) is 8.42 Å². The molecular weight excluding hydrogens is 284 g/mol. The Morgan fingerprint density at radius 3 is 2.71 bits per heavy atom. The topological polar surface area (TPSA) is 58.2 Å². The average molecular weight is 302 g/mol. The zero-order chi connectivity index (χ0) is 14.9. The van der Waals surface area contributed by atoms with Crippen LogP contribution in [-0.2, 0) is 29.5 Å². The summed E-state index contributed by atoms with van der Waals surface area (Å²) in [5.74, 6) is 0. The molecule has 0 unspecified atom stereocenters. The molecule has 0 bridgehead atoms. The van der Waals surface area contributed by atoms with E-state index in [0.717, 1.165) is 30.6 Å². The van der Waals surface area contributed by atoms with Crippen molar-refractivity contribution in [3.05, 3.63) is 59.2 Å². The molecule has 21 heavy (non-hydrogen) atoms. The first-order chi connectivity index (χ1) is 10.1. The summed E-state index contributed by atoms with van der Waals surface area (Å²) in [4.78, 5) is 0.312. The standard InChI is InChI=1S/C16H18N2O2S/c1-2-12-4-3-5-15(8-12)18-21(19,20)16-7-6-13-10-17-11-14(13)9-16/h3-9,17-18H,2,10-11H2,1H3. The highest BCUT2D eigenvalue weighted by molar-refractivity contribution is 7.92. The van der Waals surface area contributed by atoms with Crippen LogP contribution < -0.4 is 10.0 Å². The minimum atomic E-state index is -3.54. The molecule has 0 fully saturated rings. The normalized spacial score (nSPS) is 14.0. The summed E-state index contributed by atoms with van der Waals surface area (Å²) < 4.78 is 27.6. The SMILES string of the molecule is CCc1cccc(NS(=O)(=O)c2ccc3c(c2)CNC3)c1. The highest BCUT2D eigenvalue weighted by Gasteiger charge is 2.18. The maximum atomic E-state index is 12.5. The van der Waals surface area contributed by atoms with Gasteiger partial charge in [0.05, 0.1) is 4.90 Å². The first-order valence-electron chi connectivity index (χ1n) is 7.03. The monoisotopic (exact) mass is 302 g/mol. The van der Waals surface area contributed by atoms with E-state index in [0.29, 0.717) is 10.6 Å². The van der Waals surface area contributed by atoms with Crippen LogP contribution >= 0.6 is 0 Å². The van der Waals surface area contributed by atoms with Crippen molar-refractivity contribution in [3.63, 3.8) is 0 Å². The minimum Gasteiger partial charge on any atom is -0.309 e. The molecule has 0 radical (unpaired) electrons. The summed E-state index contributed by atoms with van der Waals surface area (Å²) in [5.41, 5.74) is 3.93. The third kappa shape index (κ3) is 2.94. The summed E-state index contributed by atoms with van der Waals surface area (Å²) in [7, 11) is -3.54. The second-order valence-corrected chi connectivity index (χ2v) is 6.88. The molecule has 2 N–H and O–H groups in total. The predicted octanol–water partition coefficient (Wildman–Crippen LogP) is 2.65. The molecule has 2 aromatic carbocycles. The van der Waals surface area contributed by atoms with Crippen molar-refractivity contribution in [2.75, 3.05) is 4.72 Å². The minimum absolute atomic E-state index is 0.312. The van der Waals surface area contributed by atoms with Crippen LogP contribution in [0, 0.1) is 0 Å². The van der Waals surface area contributed by atoms with Crippen molar-refractivity contribution >= 4 is 15.7 Å². The second kappa shape index (κ2) is 5.50. The van der Waals surface area contributed by atoms with Crippen molar-refractivity contribution in [3.8, 4) is 0 Å². The smallest absolute Gasteiger partial charge is 0.261 e. The van der Waals surface area contributed by atoms with Crippen LogP contribution in [0.1, 0.15) is 23.6 Å². The van der Waals surface area contributed by atoms with Crippen molar-refractivity contribution in [1.82, 2.24) is 5.32 Å². The van der Waals surface area contributed by atoms with Gasteiger partial charge in [-0.2, -0.15) is 0 Å². The third-order valence-corrected chi connectivity index (χ3v) is 5.09. The van der Waals surface area contributed by atoms with Crippen molar-refractivity contribution < 1.29 is 8.42 Å².